The SMILES string of the molecule is CCC/C=N\N(C)C=O. The number of carbonyl (C=O) groups is 1. The van der Waals surface area contributed by atoms with Crippen LogP contribution in [-0.2, 0) is 4.79 Å². The topological polar surface area (TPSA) is 32.7 Å². The monoisotopic (exact) mass is 128 g/mol. The molecule has 0 unspecified atom stereocenters. The highest BCUT2D eigenvalue weighted by atomic mass is 16.1. The first-order valence-corrected chi connectivity index (χ1v) is 3.01. The number of unbranched alkanes of at least 4 members (excludes halogenated alkanes) is 1. The number of hydrogen-bond acceptors (Lipinski definition) is 2. The van der Waals surface area contributed by atoms with Gasteiger partial charge >= 0.3 is 0 Å². The van der Waals surface area contributed by atoms with Gasteiger partial charge in [-0.05, 0) is 6.42 Å². The number of hydrazone groups is 1. The Hall–Kier alpha value is -0.860. The standard InChI is InChI=1S/C6H12N2O/c1-3-4-5-7-8(2)6-9/h5-6H,3-4H2,1-2H3/b7-5-. The second-order valence-corrected chi connectivity index (χ2v) is 1.77. The lowest BCUT2D eigenvalue weighted by molar-refractivity contribution is -0.116. The van der Waals surface area contributed by atoms with Crippen molar-refractivity contribution in [3.8, 4) is 0 Å². The van der Waals surface area contributed by atoms with Crippen LogP contribution in [0.1, 0.15) is 19.8 Å². The fourth-order valence-electron chi connectivity index (χ4n) is 0.343. The van der Waals surface area contributed by atoms with Crippen LogP contribution in [-0.4, -0.2) is 24.7 Å². The van der Waals surface area contributed by atoms with Crippen LogP contribution in [0.4, 0.5) is 0 Å². The van der Waals surface area contributed by atoms with E-state index in [0.29, 0.717) is 6.41 Å². The molecule has 0 fully saturated rings. The van der Waals surface area contributed by atoms with Crippen molar-refractivity contribution in [2.75, 3.05) is 7.05 Å². The zero-order chi connectivity index (χ0) is 7.11. The molecule has 0 radical (unpaired) electrons. The number of amides is 1. The normalized spacial score (nSPS) is 10.0. The van der Waals surface area contributed by atoms with E-state index in [1.54, 1.807) is 13.3 Å². The molecule has 0 heterocycles. The molecule has 0 N–H and O–H groups in total. The van der Waals surface area contributed by atoms with Crippen LogP contribution in [0.15, 0.2) is 5.10 Å². The van der Waals surface area contributed by atoms with Gasteiger partial charge in [-0.15, -0.1) is 0 Å². The second kappa shape index (κ2) is 5.28. The fraction of sp³-hybridized carbons (Fsp3) is 0.667. The molecule has 0 atom stereocenters. The molecule has 0 aromatic rings. The van der Waals surface area contributed by atoms with E-state index < -0.39 is 0 Å². The van der Waals surface area contributed by atoms with Crippen LogP contribution in [0.3, 0.4) is 0 Å². The van der Waals surface area contributed by atoms with Gasteiger partial charge in [0.15, 0.2) is 0 Å². The van der Waals surface area contributed by atoms with Crippen LogP contribution in [0.25, 0.3) is 0 Å². The third kappa shape index (κ3) is 5.00. The van der Waals surface area contributed by atoms with Crippen molar-refractivity contribution in [1.29, 1.82) is 0 Å². The van der Waals surface area contributed by atoms with E-state index in [2.05, 4.69) is 12.0 Å². The maximum Gasteiger partial charge on any atom is 0.229 e. The van der Waals surface area contributed by atoms with Crippen molar-refractivity contribution in [2.24, 2.45) is 5.10 Å². The van der Waals surface area contributed by atoms with E-state index in [9.17, 15) is 4.79 Å². The molecule has 0 aromatic heterocycles. The maximum absolute atomic E-state index is 9.91. The molecule has 0 aromatic carbocycles. The summed E-state index contributed by atoms with van der Waals surface area (Å²) < 4.78 is 0. The number of nitrogens with zero attached hydrogens (tertiary/aromatic N) is 2. The molecular weight excluding hydrogens is 116 g/mol. The van der Waals surface area contributed by atoms with E-state index in [1.807, 2.05) is 0 Å². The van der Waals surface area contributed by atoms with Crippen molar-refractivity contribution in [2.45, 2.75) is 19.8 Å². The summed E-state index contributed by atoms with van der Waals surface area (Å²) in [4.78, 5) is 9.91. The van der Waals surface area contributed by atoms with E-state index in [-0.39, 0.29) is 0 Å². The zero-order valence-electron chi connectivity index (χ0n) is 5.87. The molecule has 0 rings (SSSR count). The molecular formula is C6H12N2O. The molecule has 0 aliphatic rings. The fourth-order valence-corrected chi connectivity index (χ4v) is 0.343. The Morgan fingerprint density at radius 2 is 2.33 bits per heavy atom. The average Bonchev–Trinajstić information content (AvgIpc) is 1.89. The number of carbonyl (C=O) groups excluding carboxylic acids is 1. The number of rotatable bonds is 4. The Kier molecular flexibility index (Phi) is 4.78. The van der Waals surface area contributed by atoms with E-state index >= 15 is 0 Å². The molecule has 0 aliphatic carbocycles. The van der Waals surface area contributed by atoms with Gasteiger partial charge in [-0.1, -0.05) is 13.3 Å². The van der Waals surface area contributed by atoms with Gasteiger partial charge in [-0.25, -0.2) is 5.01 Å². The van der Waals surface area contributed by atoms with Gasteiger partial charge in [0.2, 0.25) is 6.41 Å². The summed E-state index contributed by atoms with van der Waals surface area (Å²) >= 11 is 0. The maximum atomic E-state index is 9.91. The second-order valence-electron chi connectivity index (χ2n) is 1.77. The highest BCUT2D eigenvalue weighted by molar-refractivity contribution is 5.59. The quantitative estimate of drug-likeness (QED) is 0.314. The van der Waals surface area contributed by atoms with Crippen LogP contribution in [0, 0.1) is 0 Å². The minimum absolute atomic E-state index is 0.673. The highest BCUT2D eigenvalue weighted by Crippen LogP contribution is 1.81. The molecule has 3 nitrogen and oxygen atoms in total. The Balaban J connectivity index is 3.31. The lowest BCUT2D eigenvalue weighted by Gasteiger charge is -1.98. The van der Waals surface area contributed by atoms with E-state index in [4.69, 9.17) is 0 Å². The lowest BCUT2D eigenvalue weighted by atomic mass is 10.4. The van der Waals surface area contributed by atoms with Gasteiger partial charge < -0.3 is 0 Å². The molecule has 1 amide bonds. The molecule has 52 valence electrons. The molecule has 3 heteroatoms. The minimum atomic E-state index is 0.673. The van der Waals surface area contributed by atoms with Crippen molar-refractivity contribution >= 4 is 12.6 Å². The Morgan fingerprint density at radius 3 is 2.78 bits per heavy atom. The summed E-state index contributed by atoms with van der Waals surface area (Å²) in [6.45, 7) is 2.06. The van der Waals surface area contributed by atoms with Gasteiger partial charge in [-0.2, -0.15) is 5.10 Å². The van der Waals surface area contributed by atoms with Gasteiger partial charge in [0.25, 0.3) is 0 Å². The Labute approximate surface area is 55.4 Å². The van der Waals surface area contributed by atoms with Gasteiger partial charge in [0, 0.05) is 13.3 Å². The summed E-state index contributed by atoms with van der Waals surface area (Å²) in [7, 11) is 1.61. The van der Waals surface area contributed by atoms with Crippen molar-refractivity contribution in [3.05, 3.63) is 0 Å². The van der Waals surface area contributed by atoms with E-state index in [0.717, 1.165) is 12.8 Å². The van der Waals surface area contributed by atoms with Crippen molar-refractivity contribution in [1.82, 2.24) is 5.01 Å². The number of hydrogen-bond donors (Lipinski definition) is 0. The predicted octanol–water partition coefficient (Wildman–Crippen LogP) is 0.861. The molecule has 0 saturated heterocycles. The largest absolute Gasteiger partial charge is 0.277 e. The van der Waals surface area contributed by atoms with E-state index in [1.165, 1.54) is 5.01 Å². The van der Waals surface area contributed by atoms with Crippen LogP contribution in [0.2, 0.25) is 0 Å². The molecule has 0 spiro atoms. The minimum Gasteiger partial charge on any atom is -0.277 e. The summed E-state index contributed by atoms with van der Waals surface area (Å²) in [5.41, 5.74) is 0. The molecule has 9 heavy (non-hydrogen) atoms. The summed E-state index contributed by atoms with van der Waals surface area (Å²) in [6, 6.07) is 0. The first-order valence-electron chi connectivity index (χ1n) is 3.01. The average molecular weight is 128 g/mol. The third-order valence-corrected chi connectivity index (χ3v) is 0.834. The molecule has 0 aliphatic heterocycles. The summed E-state index contributed by atoms with van der Waals surface area (Å²) in [5, 5.41) is 5.02. The predicted molar refractivity (Wildman–Crippen MR) is 37.2 cm³/mol. The first kappa shape index (κ1) is 8.14. The molecule has 0 saturated carbocycles. The Bertz CT molecular complexity index is 101. The van der Waals surface area contributed by atoms with Gasteiger partial charge in [-0.3, -0.25) is 4.79 Å². The molecule has 0 bridgehead atoms. The lowest BCUT2D eigenvalue weighted by Crippen LogP contribution is -2.06. The Morgan fingerprint density at radius 1 is 1.67 bits per heavy atom. The third-order valence-electron chi connectivity index (χ3n) is 0.834. The van der Waals surface area contributed by atoms with Crippen molar-refractivity contribution < 1.29 is 4.79 Å². The summed E-state index contributed by atoms with van der Waals surface area (Å²) in [6.07, 6.45) is 4.40. The zero-order valence-corrected chi connectivity index (χ0v) is 5.87. The van der Waals surface area contributed by atoms with Gasteiger partial charge in [0.05, 0.1) is 0 Å². The van der Waals surface area contributed by atoms with Crippen LogP contribution < -0.4 is 0 Å². The van der Waals surface area contributed by atoms with Crippen LogP contribution >= 0.6 is 0 Å². The highest BCUT2D eigenvalue weighted by Gasteiger charge is 1.81. The van der Waals surface area contributed by atoms with Gasteiger partial charge in [0.1, 0.15) is 0 Å². The smallest absolute Gasteiger partial charge is 0.229 e. The summed E-state index contributed by atoms with van der Waals surface area (Å²) in [5.74, 6) is 0. The van der Waals surface area contributed by atoms with Crippen molar-refractivity contribution in [3.63, 3.8) is 0 Å². The van der Waals surface area contributed by atoms with Crippen LogP contribution in [0.5, 0.6) is 0 Å². The first-order chi connectivity index (χ1) is 4.31.